The van der Waals surface area contributed by atoms with E-state index in [1.54, 1.807) is 0 Å². The summed E-state index contributed by atoms with van der Waals surface area (Å²) in [5.41, 5.74) is 0. The lowest BCUT2D eigenvalue weighted by Gasteiger charge is -1.35. The standard InChI is InChI=1S/OS6/c1-4-5-6-7(2)3. The first-order valence-corrected chi connectivity index (χ1v) is 8.00. The molecule has 0 aromatic rings. The van der Waals surface area contributed by atoms with Gasteiger partial charge in [0.2, 0.25) is 0 Å². The quantitative estimate of drug-likeness (QED) is 0.542. The first-order valence-electron chi connectivity index (χ1n) is 1.00. The van der Waals surface area contributed by atoms with Gasteiger partial charge in [-0.1, -0.05) is 0 Å². The molecule has 0 radical (unpaired) electrons. The van der Waals surface area contributed by atoms with Crippen molar-refractivity contribution < 1.29 is 4.21 Å². The molecule has 0 N–H and O–H groups in total. The second-order valence-electron chi connectivity index (χ2n) is 0.408. The Morgan fingerprint density at radius 3 is 2.14 bits per heavy atom. The van der Waals surface area contributed by atoms with Crippen LogP contribution in [-0.4, -0.2) is 4.21 Å². The molecule has 0 fully saturated rings. The molecule has 0 unspecified atom stereocenters. The van der Waals surface area contributed by atoms with Crippen LogP contribution >= 0.6 is 0 Å². The van der Waals surface area contributed by atoms with Crippen LogP contribution in [0.4, 0.5) is 0 Å². The smallest absolute Gasteiger partial charge is 0.168 e. The van der Waals surface area contributed by atoms with Crippen molar-refractivity contribution in [3.05, 3.63) is 0 Å². The molecule has 0 spiro atoms. The highest BCUT2D eigenvalue weighted by molar-refractivity contribution is 8.72. The van der Waals surface area contributed by atoms with Gasteiger partial charge in [0.05, 0.1) is 0 Å². The maximum atomic E-state index is 9.60. The molecule has 0 aromatic heterocycles. The van der Waals surface area contributed by atoms with Gasteiger partial charge < -0.3 is 0 Å². The largest absolute Gasteiger partial charge is 0.200 e. The molecule has 7 heteroatoms. The van der Waals surface area contributed by atoms with Crippen molar-refractivity contribution >= 4 is 56.9 Å². The van der Waals surface area contributed by atoms with Gasteiger partial charge in [0.1, 0.15) is 0 Å². The van der Waals surface area contributed by atoms with E-state index in [4.69, 9.17) is 0 Å². The van der Waals surface area contributed by atoms with E-state index in [9.17, 15) is 4.21 Å². The minimum Gasteiger partial charge on any atom is -0.200 e. The summed E-state index contributed by atoms with van der Waals surface area (Å²) >= 11 is 9.15. The molecular formula is OS6. The van der Waals surface area contributed by atoms with Gasteiger partial charge in [-0.2, -0.15) is 4.21 Å². The second kappa shape index (κ2) is 5.26. The molecule has 0 aromatic carbocycles. The zero-order valence-corrected chi connectivity index (χ0v) is 7.76. The van der Waals surface area contributed by atoms with Crippen LogP contribution in [0.3, 0.4) is 0 Å². The third-order valence-corrected chi connectivity index (χ3v) is 7.50. The van der Waals surface area contributed by atoms with Crippen LogP contribution in [0.5, 0.6) is 0 Å². The number of rotatable bonds is 0. The van der Waals surface area contributed by atoms with Crippen LogP contribution in [0.2, 0.25) is 0 Å². The molecule has 0 aliphatic rings. The minimum atomic E-state index is -0.490. The molecule has 0 heterocycles. The Morgan fingerprint density at radius 2 is 2.00 bits per heavy atom. The summed E-state index contributed by atoms with van der Waals surface area (Å²) in [7, 11) is 2.79. The molecule has 0 bridgehead atoms. The lowest BCUT2D eigenvalue weighted by molar-refractivity contribution is 0.702. The van der Waals surface area contributed by atoms with Crippen LogP contribution in [0.15, 0.2) is 0 Å². The summed E-state index contributed by atoms with van der Waals surface area (Å²) in [6.45, 7) is -0.490. The summed E-state index contributed by atoms with van der Waals surface area (Å²) in [5.74, 6) is 0. The fourth-order valence-electron chi connectivity index (χ4n) is 0.0340. The lowest BCUT2D eigenvalue weighted by atomic mass is 16.0. The molecule has 0 aliphatic carbocycles. The average Bonchev–Trinajstić information content (AvgIpc) is 1.61. The van der Waals surface area contributed by atoms with E-state index >= 15 is 0 Å². The molecule has 0 saturated heterocycles. The van der Waals surface area contributed by atoms with Crippen LogP contribution in [0.1, 0.15) is 0 Å². The topological polar surface area (TPSA) is 17.1 Å². The van der Waals surface area contributed by atoms with E-state index in [2.05, 4.69) is 22.4 Å². The van der Waals surface area contributed by atoms with E-state index in [1.165, 1.54) is 8.88 Å². The molecule has 0 aliphatic heterocycles. The van der Waals surface area contributed by atoms with Crippen LogP contribution in [0.25, 0.3) is 0 Å². The van der Waals surface area contributed by atoms with Crippen molar-refractivity contribution in [3.63, 3.8) is 0 Å². The zero-order chi connectivity index (χ0) is 5.70. The molecule has 0 rings (SSSR count). The third-order valence-electron chi connectivity index (χ3n) is 0.111. The third kappa shape index (κ3) is 7.12. The van der Waals surface area contributed by atoms with Crippen LogP contribution in [0, 0.1) is 0 Å². The predicted molar refractivity (Wildman–Crippen MR) is 45.0 cm³/mol. The Kier molecular flexibility index (Phi) is 6.10. The summed E-state index contributed by atoms with van der Waals surface area (Å²) in [6.07, 6.45) is 0. The van der Waals surface area contributed by atoms with Crippen molar-refractivity contribution in [1.82, 2.24) is 0 Å². The van der Waals surface area contributed by atoms with Crippen molar-refractivity contribution in [2.45, 2.75) is 0 Å². The Balaban J connectivity index is 5.36. The van der Waals surface area contributed by atoms with E-state index < -0.39 is 6.57 Å². The fraction of sp³-hybridized carbons (Fsp3) is 0. The fourth-order valence-corrected chi connectivity index (χ4v) is 6.43. The van der Waals surface area contributed by atoms with Gasteiger partial charge in [-0.05, 0) is 0 Å². The first kappa shape index (κ1) is 8.12. The highest BCUT2D eigenvalue weighted by Crippen LogP contribution is 1.36. The van der Waals surface area contributed by atoms with Crippen LogP contribution < -0.4 is 0 Å². The van der Waals surface area contributed by atoms with E-state index in [0.717, 1.165) is 8.88 Å². The Bertz CT molecular complexity index is 241. The Morgan fingerprint density at radius 1 is 1.43 bits per heavy atom. The maximum Gasteiger partial charge on any atom is 0.168 e. The van der Waals surface area contributed by atoms with E-state index in [1.807, 2.05) is 0 Å². The normalized spacial score (nSPS) is 6.86. The van der Waals surface area contributed by atoms with Crippen molar-refractivity contribution in [1.29, 1.82) is 0 Å². The van der Waals surface area contributed by atoms with Crippen LogP contribution in [-0.2, 0) is 56.9 Å². The number of hydrogen-bond acceptors (Lipinski definition) is 3. The van der Waals surface area contributed by atoms with Gasteiger partial charge in [0.15, 0.2) is 10.2 Å². The van der Waals surface area contributed by atoms with Crippen molar-refractivity contribution in [2.75, 3.05) is 0 Å². The molecule has 0 amide bonds. The molecule has 0 atom stereocenters. The Labute approximate surface area is 60.7 Å². The molecule has 0 saturated carbocycles. The summed E-state index contributed by atoms with van der Waals surface area (Å²) in [5, 5.41) is 0. The minimum absolute atomic E-state index is 0.433. The van der Waals surface area contributed by atoms with E-state index in [0.29, 0.717) is 10.2 Å². The highest BCUT2D eigenvalue weighted by atomic mass is 33.4. The van der Waals surface area contributed by atoms with Gasteiger partial charge in [-0.3, -0.25) is 0 Å². The van der Waals surface area contributed by atoms with Gasteiger partial charge in [-0.15, -0.1) is 0 Å². The molecular weight excluding hydrogens is 208 g/mol. The van der Waals surface area contributed by atoms with Gasteiger partial charge in [-0.25, -0.2) is 0 Å². The summed E-state index contributed by atoms with van der Waals surface area (Å²) in [4.78, 5) is 0. The molecule has 7 heavy (non-hydrogen) atoms. The molecule has 42 valence electrons. The molecule has 1 nitrogen and oxygen atoms in total. The monoisotopic (exact) mass is 208 g/mol. The maximum absolute atomic E-state index is 9.60. The highest BCUT2D eigenvalue weighted by Gasteiger charge is 1.39. The Hall–Kier alpha value is 1.12. The van der Waals surface area contributed by atoms with Gasteiger partial charge >= 0.3 is 0 Å². The van der Waals surface area contributed by atoms with Gasteiger partial charge in [0.25, 0.3) is 0 Å². The summed E-state index contributed by atoms with van der Waals surface area (Å²) < 4.78 is 9.60. The number of hydrogen-bond donors (Lipinski definition) is 0. The zero-order valence-electron chi connectivity index (χ0n) is 2.86. The second-order valence-corrected chi connectivity index (χ2v) is 9.80. The average molecular weight is 208 g/mol. The summed E-state index contributed by atoms with van der Waals surface area (Å²) in [6, 6.07) is 0. The predicted octanol–water partition coefficient (Wildman–Crippen LogP) is -0.348. The van der Waals surface area contributed by atoms with Crippen molar-refractivity contribution in [3.8, 4) is 0 Å². The lowest BCUT2D eigenvalue weighted by Crippen LogP contribution is -1.38. The van der Waals surface area contributed by atoms with Gasteiger partial charge in [0, 0.05) is 46.7 Å². The van der Waals surface area contributed by atoms with Crippen molar-refractivity contribution in [2.24, 2.45) is 0 Å². The first-order chi connectivity index (χ1) is 3.27. The van der Waals surface area contributed by atoms with E-state index in [-0.39, 0.29) is 0 Å². The SMILES string of the molecule is O=S=S=S=S(=S)=S.